The Hall–Kier alpha value is -0.530. The maximum atomic E-state index is 11.8. The number of unbranched alkanes of at least 4 members (excludes halogenated alkanes) is 10. The van der Waals surface area contributed by atoms with Gasteiger partial charge in [-0.2, -0.15) is 0 Å². The van der Waals surface area contributed by atoms with Crippen LogP contribution in [-0.4, -0.2) is 12.6 Å². The minimum absolute atomic E-state index is 0.0189. The molecule has 2 heteroatoms. The molecule has 0 atom stereocenters. The van der Waals surface area contributed by atoms with E-state index in [1.165, 1.54) is 77.0 Å². The summed E-state index contributed by atoms with van der Waals surface area (Å²) in [6.07, 6.45) is 19.6. The van der Waals surface area contributed by atoms with E-state index >= 15 is 0 Å². The third kappa shape index (κ3) is 16.3. The van der Waals surface area contributed by atoms with Gasteiger partial charge in [0, 0.05) is 6.42 Å². The Bertz CT molecular complexity index is 249. The van der Waals surface area contributed by atoms with Crippen molar-refractivity contribution in [2.75, 3.05) is 6.61 Å². The van der Waals surface area contributed by atoms with Gasteiger partial charge in [0.05, 0.1) is 6.61 Å². The summed E-state index contributed by atoms with van der Waals surface area (Å²) in [7, 11) is 0. The molecular weight excluding hydrogens is 296 g/mol. The zero-order valence-electron chi connectivity index (χ0n) is 16.9. The number of carbonyl (C=O) groups excluding carboxylic acids is 1. The largest absolute Gasteiger partial charge is 0.465 e. The molecule has 0 unspecified atom stereocenters. The fourth-order valence-corrected chi connectivity index (χ4v) is 3.19. The van der Waals surface area contributed by atoms with Crippen molar-refractivity contribution in [1.29, 1.82) is 0 Å². The third-order valence-corrected chi connectivity index (χ3v) is 4.90. The van der Waals surface area contributed by atoms with Crippen LogP contribution in [-0.2, 0) is 9.53 Å². The molecule has 0 amide bonds. The molecule has 0 rings (SSSR count). The zero-order valence-corrected chi connectivity index (χ0v) is 16.9. The summed E-state index contributed by atoms with van der Waals surface area (Å²) in [5.41, 5.74) is 0. The van der Waals surface area contributed by atoms with E-state index in [4.69, 9.17) is 4.74 Å². The molecule has 0 saturated heterocycles. The first-order valence-corrected chi connectivity index (χ1v) is 10.9. The molecule has 144 valence electrons. The molecule has 0 bridgehead atoms. The number of rotatable bonds is 18. The highest BCUT2D eigenvalue weighted by atomic mass is 16.5. The van der Waals surface area contributed by atoms with Crippen molar-refractivity contribution in [2.24, 2.45) is 5.92 Å². The third-order valence-electron chi connectivity index (χ3n) is 4.90. The highest BCUT2D eigenvalue weighted by molar-refractivity contribution is 5.69. The Morgan fingerprint density at radius 3 is 1.62 bits per heavy atom. The molecule has 0 aliphatic heterocycles. The van der Waals surface area contributed by atoms with E-state index in [2.05, 4.69) is 20.8 Å². The summed E-state index contributed by atoms with van der Waals surface area (Å²) in [5.74, 6) is 0.605. The summed E-state index contributed by atoms with van der Waals surface area (Å²) in [6.45, 7) is 7.35. The Kier molecular flexibility index (Phi) is 18.4. The summed E-state index contributed by atoms with van der Waals surface area (Å²) in [6, 6.07) is 0. The maximum absolute atomic E-state index is 11.8. The van der Waals surface area contributed by atoms with Crippen LogP contribution in [0, 0.1) is 5.92 Å². The normalized spacial score (nSPS) is 11.2. The van der Waals surface area contributed by atoms with Gasteiger partial charge in [0.15, 0.2) is 0 Å². The molecule has 0 aromatic rings. The van der Waals surface area contributed by atoms with E-state index in [0.29, 0.717) is 18.9 Å². The van der Waals surface area contributed by atoms with Gasteiger partial charge in [-0.1, -0.05) is 97.8 Å². The van der Waals surface area contributed by atoms with Crippen molar-refractivity contribution in [3.05, 3.63) is 0 Å². The van der Waals surface area contributed by atoms with Gasteiger partial charge in [0.25, 0.3) is 0 Å². The second-order valence-corrected chi connectivity index (χ2v) is 7.41. The second-order valence-electron chi connectivity index (χ2n) is 7.41. The zero-order chi connectivity index (χ0) is 17.9. The van der Waals surface area contributed by atoms with E-state index < -0.39 is 0 Å². The molecule has 2 nitrogen and oxygen atoms in total. The first-order chi connectivity index (χ1) is 11.7. The molecule has 24 heavy (non-hydrogen) atoms. The minimum atomic E-state index is 0.0189. The van der Waals surface area contributed by atoms with Crippen molar-refractivity contribution in [3.8, 4) is 0 Å². The van der Waals surface area contributed by atoms with Gasteiger partial charge >= 0.3 is 5.97 Å². The lowest BCUT2D eigenvalue weighted by Gasteiger charge is -2.17. The molecule has 0 fully saturated rings. The summed E-state index contributed by atoms with van der Waals surface area (Å²) in [4.78, 5) is 11.8. The van der Waals surface area contributed by atoms with Crippen molar-refractivity contribution >= 4 is 5.97 Å². The quantitative estimate of drug-likeness (QED) is 0.191. The highest BCUT2D eigenvalue weighted by Crippen LogP contribution is 2.19. The molecular formula is C22H44O2. The maximum Gasteiger partial charge on any atom is 0.305 e. The first-order valence-electron chi connectivity index (χ1n) is 10.9. The predicted molar refractivity (Wildman–Crippen MR) is 105 cm³/mol. The van der Waals surface area contributed by atoms with E-state index in [1.54, 1.807) is 0 Å². The van der Waals surface area contributed by atoms with Crippen LogP contribution >= 0.6 is 0 Å². The first kappa shape index (κ1) is 23.5. The molecule has 0 aromatic heterocycles. The van der Waals surface area contributed by atoms with E-state index in [0.717, 1.165) is 19.3 Å². The fraction of sp³-hybridized carbons (Fsp3) is 0.955. The van der Waals surface area contributed by atoms with Gasteiger partial charge in [0.2, 0.25) is 0 Å². The summed E-state index contributed by atoms with van der Waals surface area (Å²) < 4.78 is 5.57. The Balaban J connectivity index is 3.94. The van der Waals surface area contributed by atoms with Crippen LogP contribution in [0.2, 0.25) is 0 Å². The molecule has 0 saturated carbocycles. The van der Waals surface area contributed by atoms with Crippen molar-refractivity contribution in [2.45, 2.75) is 124 Å². The lowest BCUT2D eigenvalue weighted by Crippen LogP contribution is -2.14. The average Bonchev–Trinajstić information content (AvgIpc) is 2.58. The van der Waals surface area contributed by atoms with Gasteiger partial charge in [-0.25, -0.2) is 0 Å². The Morgan fingerprint density at radius 1 is 0.667 bits per heavy atom. The molecule has 0 heterocycles. The number of ether oxygens (including phenoxy) is 1. The van der Waals surface area contributed by atoms with Crippen LogP contribution in [0.4, 0.5) is 0 Å². The molecule has 0 spiro atoms. The number of esters is 1. The molecule has 0 aromatic carbocycles. The van der Waals surface area contributed by atoms with E-state index in [9.17, 15) is 4.79 Å². The minimum Gasteiger partial charge on any atom is -0.465 e. The Morgan fingerprint density at radius 2 is 1.12 bits per heavy atom. The predicted octanol–water partition coefficient (Wildman–Crippen LogP) is 7.45. The molecule has 0 N–H and O–H groups in total. The van der Waals surface area contributed by atoms with Crippen LogP contribution in [0.1, 0.15) is 124 Å². The number of carbonyl (C=O) groups is 1. The second kappa shape index (κ2) is 18.8. The standard InChI is InChI=1S/C22H44O2/c1-4-7-10-12-15-17-21(18-16-13-11-8-5-2)20-24-22(23)19-14-9-6-3/h21H,4-20H2,1-3H3. The topological polar surface area (TPSA) is 26.3 Å². The monoisotopic (exact) mass is 340 g/mol. The molecule has 0 radical (unpaired) electrons. The van der Waals surface area contributed by atoms with Crippen LogP contribution in [0.5, 0.6) is 0 Å². The Labute approximate surface area is 152 Å². The van der Waals surface area contributed by atoms with Crippen molar-refractivity contribution in [1.82, 2.24) is 0 Å². The van der Waals surface area contributed by atoms with Gasteiger partial charge in [0.1, 0.15) is 0 Å². The fourth-order valence-electron chi connectivity index (χ4n) is 3.19. The van der Waals surface area contributed by atoms with Crippen LogP contribution in [0.25, 0.3) is 0 Å². The SMILES string of the molecule is CCCCCCCC(CCCCCCC)COC(=O)CCCCC. The smallest absolute Gasteiger partial charge is 0.305 e. The average molecular weight is 341 g/mol. The summed E-state index contributed by atoms with van der Waals surface area (Å²) in [5, 5.41) is 0. The van der Waals surface area contributed by atoms with Crippen LogP contribution < -0.4 is 0 Å². The van der Waals surface area contributed by atoms with Gasteiger partial charge in [-0.05, 0) is 25.2 Å². The molecule has 0 aliphatic rings. The van der Waals surface area contributed by atoms with Gasteiger partial charge in [-0.3, -0.25) is 4.79 Å². The van der Waals surface area contributed by atoms with Gasteiger partial charge < -0.3 is 4.74 Å². The van der Waals surface area contributed by atoms with E-state index in [-0.39, 0.29) is 5.97 Å². The van der Waals surface area contributed by atoms with Crippen molar-refractivity contribution < 1.29 is 9.53 Å². The van der Waals surface area contributed by atoms with Gasteiger partial charge in [-0.15, -0.1) is 0 Å². The lowest BCUT2D eigenvalue weighted by molar-refractivity contribution is -0.145. The van der Waals surface area contributed by atoms with Crippen LogP contribution in [0.15, 0.2) is 0 Å². The van der Waals surface area contributed by atoms with E-state index in [1.807, 2.05) is 0 Å². The van der Waals surface area contributed by atoms with Crippen LogP contribution in [0.3, 0.4) is 0 Å². The lowest BCUT2D eigenvalue weighted by atomic mass is 9.95. The highest BCUT2D eigenvalue weighted by Gasteiger charge is 2.12. The number of hydrogen-bond acceptors (Lipinski definition) is 2. The summed E-state index contributed by atoms with van der Waals surface area (Å²) >= 11 is 0. The van der Waals surface area contributed by atoms with Crippen molar-refractivity contribution in [3.63, 3.8) is 0 Å². The number of hydrogen-bond donors (Lipinski definition) is 0. The molecule has 0 aliphatic carbocycles.